The molecule has 0 bridgehead atoms. The minimum Gasteiger partial charge on any atom is -0.382 e. The zero-order chi connectivity index (χ0) is 36.2. The zero-order valence-corrected chi connectivity index (χ0v) is 29.2. The van der Waals surface area contributed by atoms with E-state index in [1.54, 1.807) is 18.5 Å². The number of rotatable bonds is 6. The van der Waals surface area contributed by atoms with Gasteiger partial charge in [-0.25, -0.2) is 39.9 Å². The van der Waals surface area contributed by atoms with E-state index in [-0.39, 0.29) is 5.92 Å². The molecule has 16 nitrogen and oxygen atoms in total. The van der Waals surface area contributed by atoms with Crippen LogP contribution in [0.3, 0.4) is 0 Å². The molecule has 0 aliphatic carbocycles. The Morgan fingerprint density at radius 3 is 1.88 bits per heavy atom. The van der Waals surface area contributed by atoms with Crippen molar-refractivity contribution >= 4 is 57.1 Å². The monoisotopic (exact) mass is 699 g/mol. The number of aromatic nitrogens is 9. The highest BCUT2D eigenvalue weighted by Gasteiger charge is 2.27. The summed E-state index contributed by atoms with van der Waals surface area (Å²) in [5.41, 5.74) is 22.2. The molecule has 8 rings (SSSR count). The summed E-state index contributed by atoms with van der Waals surface area (Å²) in [6.45, 7) is 3.48. The third-order valence-corrected chi connectivity index (χ3v) is 9.44. The molecule has 0 saturated carbocycles. The summed E-state index contributed by atoms with van der Waals surface area (Å²) in [7, 11) is 4.00. The average molecular weight is 700 g/mol. The molecule has 0 aromatic carbocycles. The second-order valence-corrected chi connectivity index (χ2v) is 13.1. The Hall–Kier alpha value is -6.32. The minimum atomic E-state index is -0.508. The number of nitrogen functional groups attached to an aromatic ring is 2. The molecule has 2 aliphatic rings. The Morgan fingerprint density at radius 1 is 0.712 bits per heavy atom. The van der Waals surface area contributed by atoms with Crippen molar-refractivity contribution in [2.75, 3.05) is 66.4 Å². The maximum absolute atomic E-state index is 11.4. The number of hydrogen-bond donors (Lipinski definition) is 3. The number of carbonyl (C=O) groups excluding carboxylic acids is 1. The van der Waals surface area contributed by atoms with Gasteiger partial charge in [-0.1, -0.05) is 6.07 Å². The van der Waals surface area contributed by atoms with Crippen LogP contribution < -0.4 is 31.9 Å². The number of primary amides is 1. The second kappa shape index (κ2) is 14.9. The first-order chi connectivity index (χ1) is 25.2. The topological polar surface area (TPSA) is 221 Å². The molecule has 6 aromatic heterocycles. The van der Waals surface area contributed by atoms with E-state index in [1.807, 2.05) is 55.4 Å². The fourth-order valence-electron chi connectivity index (χ4n) is 6.87. The van der Waals surface area contributed by atoms with Crippen LogP contribution in [0.1, 0.15) is 59.4 Å². The number of pyridine rings is 3. The van der Waals surface area contributed by atoms with Crippen LogP contribution in [0.5, 0.6) is 0 Å². The first kappa shape index (κ1) is 34.1. The lowest BCUT2D eigenvalue weighted by molar-refractivity contribution is 0.0995. The summed E-state index contributed by atoms with van der Waals surface area (Å²) in [6.07, 6.45) is 10.6. The summed E-state index contributed by atoms with van der Waals surface area (Å²) in [5, 5.41) is 0. The van der Waals surface area contributed by atoms with Crippen molar-refractivity contribution in [3.05, 3.63) is 84.6 Å². The first-order valence-corrected chi connectivity index (χ1v) is 17.2. The van der Waals surface area contributed by atoms with E-state index in [0.717, 1.165) is 91.7 Å². The number of carbonyl (C=O) groups is 1. The Kier molecular flexibility index (Phi) is 9.77. The third-order valence-electron chi connectivity index (χ3n) is 9.44. The molecular weight excluding hydrogens is 658 g/mol. The Balaban J connectivity index is 0.000000162. The zero-order valence-electron chi connectivity index (χ0n) is 29.2. The number of nitrogens with two attached hydrogens (primary N) is 3. The molecule has 6 aromatic rings. The predicted molar refractivity (Wildman–Crippen MR) is 201 cm³/mol. The molecule has 2 saturated heterocycles. The number of piperidine rings is 2. The number of amides is 1. The lowest BCUT2D eigenvalue weighted by Gasteiger charge is -2.34. The molecule has 0 radical (unpaired) electrons. The van der Waals surface area contributed by atoms with E-state index in [9.17, 15) is 4.79 Å². The Bertz CT molecular complexity index is 2210. The predicted octanol–water partition coefficient (Wildman–Crippen LogP) is 3.33. The highest BCUT2D eigenvalue weighted by Crippen LogP contribution is 2.33. The Morgan fingerprint density at radius 2 is 1.29 bits per heavy atom. The van der Waals surface area contributed by atoms with Crippen LogP contribution >= 0.6 is 0 Å². The fraction of sp³-hybridized carbons (Fsp3) is 0.333. The van der Waals surface area contributed by atoms with Crippen LogP contribution in [-0.2, 0) is 0 Å². The van der Waals surface area contributed by atoms with E-state index in [1.165, 1.54) is 12.7 Å². The van der Waals surface area contributed by atoms with E-state index in [4.69, 9.17) is 22.2 Å². The van der Waals surface area contributed by atoms with Crippen molar-refractivity contribution in [2.45, 2.75) is 37.5 Å². The van der Waals surface area contributed by atoms with E-state index in [0.29, 0.717) is 34.3 Å². The summed E-state index contributed by atoms with van der Waals surface area (Å²) in [6, 6.07) is 13.2. The smallest absolute Gasteiger partial charge is 0.267 e. The maximum atomic E-state index is 11.4. The molecule has 266 valence electrons. The van der Waals surface area contributed by atoms with Crippen molar-refractivity contribution < 1.29 is 4.79 Å². The normalized spacial score (nSPS) is 17.4. The number of fused-ring (bicyclic) bond motifs is 2. The molecule has 2 fully saturated rings. The molecule has 6 N–H and O–H groups in total. The quantitative estimate of drug-likeness (QED) is 0.227. The van der Waals surface area contributed by atoms with Crippen LogP contribution in [-0.4, -0.2) is 91.0 Å². The van der Waals surface area contributed by atoms with Gasteiger partial charge >= 0.3 is 0 Å². The van der Waals surface area contributed by atoms with E-state index in [2.05, 4.69) is 49.7 Å². The molecule has 1 amide bonds. The van der Waals surface area contributed by atoms with Crippen LogP contribution in [0.2, 0.25) is 0 Å². The second-order valence-electron chi connectivity index (χ2n) is 13.1. The largest absolute Gasteiger partial charge is 0.382 e. The number of anilines is 5. The van der Waals surface area contributed by atoms with Crippen molar-refractivity contribution in [3.8, 4) is 0 Å². The average Bonchev–Trinajstić information content (AvgIpc) is 3.18. The van der Waals surface area contributed by atoms with Gasteiger partial charge in [-0.15, -0.1) is 0 Å². The molecule has 2 unspecified atom stereocenters. The van der Waals surface area contributed by atoms with E-state index < -0.39 is 5.91 Å². The van der Waals surface area contributed by atoms with Crippen molar-refractivity contribution in [2.24, 2.45) is 5.73 Å². The van der Waals surface area contributed by atoms with Gasteiger partial charge in [0.1, 0.15) is 46.8 Å². The lowest BCUT2D eigenvalue weighted by Crippen LogP contribution is -2.36. The summed E-state index contributed by atoms with van der Waals surface area (Å²) < 4.78 is 0. The summed E-state index contributed by atoms with van der Waals surface area (Å²) >= 11 is 0. The van der Waals surface area contributed by atoms with Crippen molar-refractivity contribution in [1.29, 1.82) is 0 Å². The number of nitrogens with zero attached hydrogens (tertiary/aromatic N) is 12. The molecule has 0 spiro atoms. The van der Waals surface area contributed by atoms with Gasteiger partial charge in [0.15, 0.2) is 11.6 Å². The number of hydrogen-bond acceptors (Lipinski definition) is 15. The summed E-state index contributed by atoms with van der Waals surface area (Å²) in [4.78, 5) is 57.3. The van der Waals surface area contributed by atoms with Gasteiger partial charge in [-0.2, -0.15) is 0 Å². The fourth-order valence-corrected chi connectivity index (χ4v) is 6.87. The summed E-state index contributed by atoms with van der Waals surface area (Å²) in [5.74, 6) is 3.49. The first-order valence-electron chi connectivity index (χ1n) is 17.2. The van der Waals surface area contributed by atoms with Crippen LogP contribution in [0.4, 0.5) is 29.1 Å². The highest BCUT2D eigenvalue weighted by molar-refractivity contribution is 5.90. The molecule has 8 heterocycles. The van der Waals surface area contributed by atoms with Crippen molar-refractivity contribution in [1.82, 2.24) is 44.9 Å². The highest BCUT2D eigenvalue weighted by atomic mass is 16.1. The lowest BCUT2D eigenvalue weighted by atomic mass is 9.94. The van der Waals surface area contributed by atoms with Gasteiger partial charge in [0.25, 0.3) is 5.91 Å². The van der Waals surface area contributed by atoms with Crippen molar-refractivity contribution in [3.63, 3.8) is 0 Å². The Labute approximate surface area is 300 Å². The van der Waals surface area contributed by atoms with Gasteiger partial charge in [0, 0.05) is 70.2 Å². The SMILES string of the molecule is CN(C)c1nccnc1C1CCCN(c2ccc3ncnc(N)c3n2)C1.NC(=O)c1cccc(C2CCCN(c3ccc4ncnc(N)c4n3)C2)n1. The minimum absolute atomic E-state index is 0.213. The van der Waals surface area contributed by atoms with Crippen LogP contribution in [0, 0.1) is 0 Å². The van der Waals surface area contributed by atoms with E-state index >= 15 is 0 Å². The standard InChI is InChI=1S/C18H22N8.C18H19N7O/c1-25(2)18-15(20-7-8-21-18)12-4-3-9-26(10-12)14-6-5-13-16(24-14)17(19)23-11-22-13;19-17-16-13(21-10-22-17)6-7-15(24-16)25-8-2-3-11(9-25)12-4-1-5-14(23-12)18(20)26/h5-8,11-12H,3-4,9-10H2,1-2H3,(H2,19,22,23);1,4-7,10-11H,2-3,8-9H2,(H2,20,26)(H2,19,21,22). The third kappa shape index (κ3) is 7.26. The van der Waals surface area contributed by atoms with Gasteiger partial charge < -0.3 is 31.9 Å². The molecule has 2 aliphatic heterocycles. The molecule has 2 atom stereocenters. The van der Waals surface area contributed by atoms with Gasteiger partial charge in [0.2, 0.25) is 0 Å². The molecule has 52 heavy (non-hydrogen) atoms. The van der Waals surface area contributed by atoms with Gasteiger partial charge in [-0.05, 0) is 62.1 Å². The van der Waals surface area contributed by atoms with Crippen LogP contribution in [0.15, 0.2) is 67.5 Å². The molecule has 16 heteroatoms. The maximum Gasteiger partial charge on any atom is 0.267 e. The van der Waals surface area contributed by atoms with Gasteiger partial charge in [0.05, 0.1) is 16.7 Å². The van der Waals surface area contributed by atoms with Crippen LogP contribution in [0.25, 0.3) is 22.1 Å². The van der Waals surface area contributed by atoms with Gasteiger partial charge in [-0.3, -0.25) is 9.78 Å². The molecular formula is C36H41N15O.